The number of benzene rings is 1. The van der Waals surface area contributed by atoms with Gasteiger partial charge in [-0.2, -0.15) is 0 Å². The van der Waals surface area contributed by atoms with Gasteiger partial charge in [0.1, 0.15) is 0 Å². The number of imide groups is 1. The number of carbonyl (C=O) groups is 2. The summed E-state index contributed by atoms with van der Waals surface area (Å²) in [5.41, 5.74) is 2.50. The van der Waals surface area contributed by atoms with Crippen LogP contribution in [0.15, 0.2) is 24.3 Å². The fourth-order valence-electron chi connectivity index (χ4n) is 4.83. The Hall–Kier alpha value is -1.88. The van der Waals surface area contributed by atoms with E-state index in [0.29, 0.717) is 25.4 Å². The number of likely N-dealkylation sites (tertiary alicyclic amines) is 1. The van der Waals surface area contributed by atoms with Crippen LogP contribution in [0.25, 0.3) is 0 Å². The largest absolute Gasteiger partial charge is 0.366 e. The molecule has 3 aliphatic heterocycles. The lowest BCUT2D eigenvalue weighted by molar-refractivity contribution is -0.156. The number of para-hydroxylation sites is 1. The van der Waals surface area contributed by atoms with Gasteiger partial charge in [0.05, 0.1) is 0 Å². The first-order chi connectivity index (χ1) is 13.0. The summed E-state index contributed by atoms with van der Waals surface area (Å²) in [6.07, 6.45) is 4.42. The van der Waals surface area contributed by atoms with Crippen molar-refractivity contribution in [1.82, 2.24) is 9.80 Å². The molecule has 0 bridgehead atoms. The number of nitrogens with zero attached hydrogens (tertiary/aromatic N) is 3. The molecule has 0 N–H and O–H groups in total. The summed E-state index contributed by atoms with van der Waals surface area (Å²) in [7, 11) is 0. The van der Waals surface area contributed by atoms with E-state index in [9.17, 15) is 9.59 Å². The zero-order chi connectivity index (χ0) is 19.0. The molecule has 3 aliphatic rings. The van der Waals surface area contributed by atoms with Crippen molar-refractivity contribution < 1.29 is 9.59 Å². The minimum atomic E-state index is -0.394. The van der Waals surface area contributed by atoms with E-state index in [1.807, 2.05) is 13.8 Å². The number of carbonyl (C=O) groups excluding carboxylic acids is 2. The highest BCUT2D eigenvalue weighted by Crippen LogP contribution is 2.33. The molecule has 0 spiro atoms. The predicted molar refractivity (Wildman–Crippen MR) is 107 cm³/mol. The number of amides is 2. The second kappa shape index (κ2) is 7.27. The van der Waals surface area contributed by atoms with Crippen LogP contribution in [0, 0.1) is 5.41 Å². The van der Waals surface area contributed by atoms with Crippen molar-refractivity contribution in [3.8, 4) is 0 Å². The van der Waals surface area contributed by atoms with Gasteiger partial charge in [0.2, 0.25) is 11.8 Å². The SMILES string of the molecule is CC1(C)CCC(=O)N(CCCN2CCN3c4ccccc4CCC3C2)C1=O. The number of hydrogen-bond acceptors (Lipinski definition) is 4. The van der Waals surface area contributed by atoms with Gasteiger partial charge in [-0.25, -0.2) is 0 Å². The van der Waals surface area contributed by atoms with Crippen LogP contribution in [-0.2, 0) is 16.0 Å². The Morgan fingerprint density at radius 1 is 1.07 bits per heavy atom. The molecule has 1 unspecified atom stereocenters. The standard InChI is InChI=1S/C22H31N3O2/c1-22(2)11-10-20(26)25(21(22)27)13-5-12-23-14-15-24-18(16-23)9-8-17-6-3-4-7-19(17)24/h3-4,6-7,18H,5,8-16H2,1-2H3. The summed E-state index contributed by atoms with van der Waals surface area (Å²) in [6.45, 7) is 8.64. The van der Waals surface area contributed by atoms with Crippen LogP contribution >= 0.6 is 0 Å². The second-order valence-corrected chi connectivity index (χ2v) is 8.90. The maximum absolute atomic E-state index is 12.5. The second-order valence-electron chi connectivity index (χ2n) is 8.90. The molecular formula is C22H31N3O2. The normalized spacial score (nSPS) is 25.3. The van der Waals surface area contributed by atoms with Crippen LogP contribution in [0.3, 0.4) is 0 Å². The Bertz CT molecular complexity index is 730. The van der Waals surface area contributed by atoms with Crippen LogP contribution in [-0.4, -0.2) is 60.4 Å². The van der Waals surface area contributed by atoms with Gasteiger partial charge < -0.3 is 4.90 Å². The molecule has 2 amide bonds. The van der Waals surface area contributed by atoms with Gasteiger partial charge in [-0.15, -0.1) is 0 Å². The lowest BCUT2D eigenvalue weighted by Crippen LogP contribution is -2.55. The number of piperazine rings is 1. The van der Waals surface area contributed by atoms with Crippen molar-refractivity contribution in [2.45, 2.75) is 52.0 Å². The monoisotopic (exact) mass is 369 g/mol. The van der Waals surface area contributed by atoms with Crippen LogP contribution < -0.4 is 4.90 Å². The maximum Gasteiger partial charge on any atom is 0.234 e. The summed E-state index contributed by atoms with van der Waals surface area (Å²) in [5.74, 6) is 0.0143. The average Bonchev–Trinajstić information content (AvgIpc) is 2.67. The smallest absolute Gasteiger partial charge is 0.234 e. The van der Waals surface area contributed by atoms with Crippen molar-refractivity contribution in [1.29, 1.82) is 0 Å². The van der Waals surface area contributed by atoms with E-state index < -0.39 is 5.41 Å². The van der Waals surface area contributed by atoms with Crippen LogP contribution in [0.2, 0.25) is 0 Å². The topological polar surface area (TPSA) is 43.9 Å². The molecule has 3 heterocycles. The summed E-state index contributed by atoms with van der Waals surface area (Å²) in [5, 5.41) is 0. The first-order valence-electron chi connectivity index (χ1n) is 10.4. The number of fused-ring (bicyclic) bond motifs is 3. The van der Waals surface area contributed by atoms with Crippen LogP contribution in [0.5, 0.6) is 0 Å². The van der Waals surface area contributed by atoms with Crippen molar-refractivity contribution in [3.63, 3.8) is 0 Å². The Morgan fingerprint density at radius 2 is 1.89 bits per heavy atom. The van der Waals surface area contributed by atoms with E-state index in [0.717, 1.165) is 39.0 Å². The predicted octanol–water partition coefficient (Wildman–Crippen LogP) is 2.69. The van der Waals surface area contributed by atoms with Crippen molar-refractivity contribution in [2.75, 3.05) is 37.6 Å². The molecule has 5 heteroatoms. The highest BCUT2D eigenvalue weighted by atomic mass is 16.2. The molecule has 0 radical (unpaired) electrons. The van der Waals surface area contributed by atoms with Crippen molar-refractivity contribution in [3.05, 3.63) is 29.8 Å². The Morgan fingerprint density at radius 3 is 2.74 bits per heavy atom. The summed E-state index contributed by atoms with van der Waals surface area (Å²) >= 11 is 0. The Labute approximate surface area is 162 Å². The first-order valence-corrected chi connectivity index (χ1v) is 10.4. The molecule has 2 fully saturated rings. The molecule has 4 rings (SSSR count). The average molecular weight is 370 g/mol. The molecule has 1 aromatic carbocycles. The van der Waals surface area contributed by atoms with Gasteiger partial charge in [-0.3, -0.25) is 19.4 Å². The van der Waals surface area contributed by atoms with E-state index in [2.05, 4.69) is 34.1 Å². The maximum atomic E-state index is 12.5. The van der Waals surface area contributed by atoms with E-state index in [1.54, 1.807) is 0 Å². The van der Waals surface area contributed by atoms with E-state index in [-0.39, 0.29) is 11.8 Å². The quantitative estimate of drug-likeness (QED) is 0.766. The minimum Gasteiger partial charge on any atom is -0.366 e. The van der Waals surface area contributed by atoms with E-state index >= 15 is 0 Å². The van der Waals surface area contributed by atoms with Crippen LogP contribution in [0.1, 0.15) is 45.1 Å². The molecule has 0 aliphatic carbocycles. The first kappa shape index (κ1) is 18.5. The molecular weight excluding hydrogens is 338 g/mol. The number of anilines is 1. The molecule has 5 nitrogen and oxygen atoms in total. The molecule has 0 aromatic heterocycles. The minimum absolute atomic E-state index is 0.00690. The van der Waals surface area contributed by atoms with E-state index in [4.69, 9.17) is 0 Å². The van der Waals surface area contributed by atoms with Gasteiger partial charge in [-0.1, -0.05) is 32.0 Å². The lowest BCUT2D eigenvalue weighted by atomic mass is 9.83. The van der Waals surface area contributed by atoms with Gasteiger partial charge in [0.25, 0.3) is 0 Å². The zero-order valence-electron chi connectivity index (χ0n) is 16.6. The highest BCUT2D eigenvalue weighted by Gasteiger charge is 2.39. The highest BCUT2D eigenvalue weighted by molar-refractivity contribution is 6.00. The van der Waals surface area contributed by atoms with Gasteiger partial charge >= 0.3 is 0 Å². The lowest BCUT2D eigenvalue weighted by Gasteiger charge is -2.46. The fraction of sp³-hybridized carbons (Fsp3) is 0.636. The third kappa shape index (κ3) is 3.62. The van der Waals surface area contributed by atoms with Gasteiger partial charge in [0, 0.05) is 49.7 Å². The Kier molecular flexibility index (Phi) is 4.97. The third-order valence-electron chi connectivity index (χ3n) is 6.56. The summed E-state index contributed by atoms with van der Waals surface area (Å²) < 4.78 is 0. The molecule has 0 saturated carbocycles. The van der Waals surface area contributed by atoms with Gasteiger partial charge in [0.15, 0.2) is 0 Å². The molecule has 1 atom stereocenters. The Balaban J connectivity index is 1.30. The number of rotatable bonds is 4. The van der Waals surface area contributed by atoms with Crippen molar-refractivity contribution in [2.24, 2.45) is 5.41 Å². The number of piperidine rings is 1. The number of aryl methyl sites for hydroxylation is 1. The summed E-state index contributed by atoms with van der Waals surface area (Å²) in [4.78, 5) is 31.3. The molecule has 2 saturated heterocycles. The van der Waals surface area contributed by atoms with E-state index in [1.165, 1.54) is 22.6 Å². The zero-order valence-corrected chi connectivity index (χ0v) is 16.6. The molecule has 27 heavy (non-hydrogen) atoms. The molecule has 1 aromatic rings. The van der Waals surface area contributed by atoms with Crippen LogP contribution in [0.4, 0.5) is 5.69 Å². The third-order valence-corrected chi connectivity index (χ3v) is 6.56. The van der Waals surface area contributed by atoms with Crippen molar-refractivity contribution >= 4 is 17.5 Å². The molecule has 146 valence electrons. The number of hydrogen-bond donors (Lipinski definition) is 0. The summed E-state index contributed by atoms with van der Waals surface area (Å²) in [6, 6.07) is 9.38. The fourth-order valence-corrected chi connectivity index (χ4v) is 4.83. The van der Waals surface area contributed by atoms with Gasteiger partial charge in [-0.05, 0) is 43.9 Å².